The zero-order valence-corrected chi connectivity index (χ0v) is 25.8. The Morgan fingerprint density at radius 1 is 0.391 bits per heavy atom. The second-order valence-corrected chi connectivity index (χ2v) is 13.3. The highest BCUT2D eigenvalue weighted by Gasteiger charge is 2.36. The summed E-state index contributed by atoms with van der Waals surface area (Å²) < 4.78 is 6.33. The third-order valence-electron chi connectivity index (χ3n) is 10.4. The molecule has 46 heavy (non-hydrogen) atoms. The highest BCUT2D eigenvalue weighted by atomic mass is 16.3. The van der Waals surface area contributed by atoms with Gasteiger partial charge in [-0.25, -0.2) is 0 Å². The van der Waals surface area contributed by atoms with Crippen molar-refractivity contribution >= 4 is 54.3 Å². The summed E-state index contributed by atoms with van der Waals surface area (Å²) in [7, 11) is 0. The highest BCUT2D eigenvalue weighted by Crippen LogP contribution is 2.53. The SMILES string of the molecule is CC1(C)c2ccc(-c3c4ccccc4c(-c4ccc5ccccc5c4)c4ccccc34)cc2-c2cc3c(cc21)oc1ccccc13. The summed E-state index contributed by atoms with van der Waals surface area (Å²) in [6, 6.07) is 53.6. The van der Waals surface area contributed by atoms with Crippen molar-refractivity contribution in [1.82, 2.24) is 0 Å². The van der Waals surface area contributed by atoms with Crippen LogP contribution in [0.3, 0.4) is 0 Å². The van der Waals surface area contributed by atoms with Gasteiger partial charge in [-0.1, -0.05) is 129 Å². The fraction of sp³-hybridized carbons (Fsp3) is 0.0667. The first-order valence-electron chi connectivity index (χ1n) is 16.1. The molecule has 8 aromatic carbocycles. The first kappa shape index (κ1) is 25.6. The summed E-state index contributed by atoms with van der Waals surface area (Å²) in [6.45, 7) is 4.68. The number of rotatable bonds is 2. The molecule has 0 spiro atoms. The van der Waals surface area contributed by atoms with Gasteiger partial charge in [0.25, 0.3) is 0 Å². The van der Waals surface area contributed by atoms with Crippen molar-refractivity contribution in [1.29, 1.82) is 0 Å². The highest BCUT2D eigenvalue weighted by molar-refractivity contribution is 6.22. The summed E-state index contributed by atoms with van der Waals surface area (Å²) in [5, 5.41) is 9.98. The van der Waals surface area contributed by atoms with Gasteiger partial charge in [-0.3, -0.25) is 0 Å². The van der Waals surface area contributed by atoms with E-state index in [4.69, 9.17) is 4.42 Å². The maximum Gasteiger partial charge on any atom is 0.135 e. The summed E-state index contributed by atoms with van der Waals surface area (Å²) in [4.78, 5) is 0. The van der Waals surface area contributed by atoms with E-state index >= 15 is 0 Å². The number of hydrogen-bond acceptors (Lipinski definition) is 1. The van der Waals surface area contributed by atoms with Crippen molar-refractivity contribution in [3.63, 3.8) is 0 Å². The largest absolute Gasteiger partial charge is 0.456 e. The predicted molar refractivity (Wildman–Crippen MR) is 195 cm³/mol. The van der Waals surface area contributed by atoms with E-state index in [1.165, 1.54) is 87.6 Å². The minimum Gasteiger partial charge on any atom is -0.456 e. The van der Waals surface area contributed by atoms with Crippen molar-refractivity contribution in [3.05, 3.63) is 157 Å². The van der Waals surface area contributed by atoms with Crippen LogP contribution in [-0.2, 0) is 5.41 Å². The van der Waals surface area contributed by atoms with Gasteiger partial charge in [0.2, 0.25) is 0 Å². The first-order chi connectivity index (χ1) is 22.6. The molecule has 0 saturated heterocycles. The van der Waals surface area contributed by atoms with E-state index in [0.29, 0.717) is 0 Å². The molecule has 1 heteroatoms. The van der Waals surface area contributed by atoms with Crippen LogP contribution in [0.25, 0.3) is 87.6 Å². The maximum absolute atomic E-state index is 6.33. The average molecular weight is 587 g/mol. The van der Waals surface area contributed by atoms with Crippen LogP contribution in [0.4, 0.5) is 0 Å². The van der Waals surface area contributed by atoms with Crippen molar-refractivity contribution in [2.24, 2.45) is 0 Å². The topological polar surface area (TPSA) is 13.1 Å². The second kappa shape index (κ2) is 9.19. The Morgan fingerprint density at radius 3 is 1.63 bits per heavy atom. The van der Waals surface area contributed by atoms with E-state index in [2.05, 4.69) is 153 Å². The van der Waals surface area contributed by atoms with Crippen molar-refractivity contribution in [3.8, 4) is 33.4 Å². The molecule has 1 aliphatic rings. The molecule has 1 heterocycles. The van der Waals surface area contributed by atoms with Crippen LogP contribution in [0.1, 0.15) is 25.0 Å². The van der Waals surface area contributed by atoms with Crippen LogP contribution in [-0.4, -0.2) is 0 Å². The van der Waals surface area contributed by atoms with Crippen molar-refractivity contribution < 1.29 is 4.42 Å². The second-order valence-electron chi connectivity index (χ2n) is 13.3. The quantitative estimate of drug-likeness (QED) is 0.184. The monoisotopic (exact) mass is 586 g/mol. The lowest BCUT2D eigenvalue weighted by molar-refractivity contribution is 0.647. The van der Waals surface area contributed by atoms with Gasteiger partial charge >= 0.3 is 0 Å². The minimum atomic E-state index is -0.125. The van der Waals surface area contributed by atoms with Crippen LogP contribution in [0.2, 0.25) is 0 Å². The Hall–Kier alpha value is -5.66. The summed E-state index contributed by atoms with van der Waals surface area (Å²) in [5.41, 5.74) is 12.2. The van der Waals surface area contributed by atoms with Crippen molar-refractivity contribution in [2.45, 2.75) is 19.3 Å². The van der Waals surface area contributed by atoms with Gasteiger partial charge in [0.05, 0.1) is 0 Å². The maximum atomic E-state index is 6.33. The van der Waals surface area contributed by atoms with Gasteiger partial charge in [0, 0.05) is 16.2 Å². The van der Waals surface area contributed by atoms with E-state index in [-0.39, 0.29) is 5.41 Å². The summed E-state index contributed by atoms with van der Waals surface area (Å²) >= 11 is 0. The average Bonchev–Trinajstić information content (AvgIpc) is 3.57. The van der Waals surface area contributed by atoms with E-state index in [9.17, 15) is 0 Å². The predicted octanol–water partition coefficient (Wildman–Crippen LogP) is 12.7. The van der Waals surface area contributed by atoms with Gasteiger partial charge in [0.1, 0.15) is 11.2 Å². The molecule has 9 aromatic rings. The Kier molecular flexibility index (Phi) is 5.12. The van der Waals surface area contributed by atoms with E-state index < -0.39 is 0 Å². The number of para-hydroxylation sites is 1. The zero-order valence-electron chi connectivity index (χ0n) is 25.8. The third kappa shape index (κ3) is 3.46. The Morgan fingerprint density at radius 2 is 0.935 bits per heavy atom. The van der Waals surface area contributed by atoms with Gasteiger partial charge in [-0.15, -0.1) is 0 Å². The molecule has 0 amide bonds. The van der Waals surface area contributed by atoms with Crippen LogP contribution < -0.4 is 0 Å². The zero-order chi connectivity index (χ0) is 30.6. The molecular formula is C45H30O. The molecule has 1 aromatic heterocycles. The lowest BCUT2D eigenvalue weighted by atomic mass is 9.81. The minimum absolute atomic E-state index is 0.125. The Labute approximate surface area is 267 Å². The molecule has 0 aliphatic heterocycles. The van der Waals surface area contributed by atoms with E-state index in [1.54, 1.807) is 0 Å². The van der Waals surface area contributed by atoms with Gasteiger partial charge in [0.15, 0.2) is 0 Å². The fourth-order valence-corrected chi connectivity index (χ4v) is 8.22. The summed E-state index contributed by atoms with van der Waals surface area (Å²) in [6.07, 6.45) is 0. The molecule has 0 unspecified atom stereocenters. The van der Waals surface area contributed by atoms with Crippen molar-refractivity contribution in [2.75, 3.05) is 0 Å². The number of fused-ring (bicyclic) bond motifs is 9. The molecule has 216 valence electrons. The van der Waals surface area contributed by atoms with Crippen LogP contribution in [0, 0.1) is 0 Å². The number of furan rings is 1. The molecular weight excluding hydrogens is 556 g/mol. The van der Waals surface area contributed by atoms with Crippen LogP contribution in [0.15, 0.2) is 150 Å². The standard InChI is InChI=1S/C45H30O/c1-45(2)39-22-21-30(24-36(39)37-25-38-31-13-9-10-18-41(31)46-42(38)26-40(37)45)44-34-16-7-5-14-32(34)43(33-15-6-8-17-35(33)44)29-20-19-27-11-3-4-12-28(27)23-29/h3-26H,1-2H3. The Balaban J connectivity index is 1.25. The smallest absolute Gasteiger partial charge is 0.135 e. The first-order valence-corrected chi connectivity index (χ1v) is 16.1. The number of benzene rings is 8. The molecule has 0 atom stereocenters. The fourth-order valence-electron chi connectivity index (χ4n) is 8.22. The molecule has 0 radical (unpaired) electrons. The lowest BCUT2D eigenvalue weighted by Crippen LogP contribution is -2.14. The van der Waals surface area contributed by atoms with Crippen LogP contribution in [0.5, 0.6) is 0 Å². The van der Waals surface area contributed by atoms with Crippen LogP contribution >= 0.6 is 0 Å². The van der Waals surface area contributed by atoms with E-state index in [1.807, 2.05) is 6.07 Å². The molecule has 1 nitrogen and oxygen atoms in total. The lowest BCUT2D eigenvalue weighted by Gasteiger charge is -2.22. The van der Waals surface area contributed by atoms with E-state index in [0.717, 1.165) is 11.2 Å². The van der Waals surface area contributed by atoms with Gasteiger partial charge in [-0.2, -0.15) is 0 Å². The van der Waals surface area contributed by atoms with Gasteiger partial charge < -0.3 is 4.42 Å². The normalized spacial score (nSPS) is 13.6. The molecule has 0 saturated carbocycles. The molecule has 1 aliphatic carbocycles. The number of hydrogen-bond donors (Lipinski definition) is 0. The third-order valence-corrected chi connectivity index (χ3v) is 10.4. The molecule has 0 bridgehead atoms. The Bertz CT molecular complexity index is 2660. The van der Waals surface area contributed by atoms with Gasteiger partial charge in [-0.05, 0) is 107 Å². The molecule has 0 N–H and O–H groups in total. The molecule has 10 rings (SSSR count). The molecule has 0 fully saturated rings. The summed E-state index contributed by atoms with van der Waals surface area (Å²) in [5.74, 6) is 0.